The van der Waals surface area contributed by atoms with E-state index in [-0.39, 0.29) is 0 Å². The van der Waals surface area contributed by atoms with Crippen molar-refractivity contribution in [2.24, 2.45) is 0 Å². The van der Waals surface area contributed by atoms with Crippen molar-refractivity contribution in [3.8, 4) is 0 Å². The predicted molar refractivity (Wildman–Crippen MR) is 24.8 cm³/mol. The lowest BCUT2D eigenvalue weighted by Crippen LogP contribution is -1.37. The number of rotatable bonds is 0. The minimum absolute atomic E-state index is 0.704. The highest BCUT2D eigenvalue weighted by atomic mass is 32.0. The maximum Gasteiger partial charge on any atom is 0.0395 e. The summed E-state index contributed by atoms with van der Waals surface area (Å²) in [6, 6.07) is 0. The molecule has 0 heterocycles. The van der Waals surface area contributed by atoms with Crippen LogP contribution in [0, 0.1) is 0 Å². The molecule has 0 aromatic rings. The van der Waals surface area contributed by atoms with Crippen LogP contribution in [0.15, 0.2) is 0 Å². The van der Waals surface area contributed by atoms with Crippen molar-refractivity contribution in [2.75, 3.05) is 6.66 Å². The molecule has 1 nitrogen and oxygen atoms in total. The summed E-state index contributed by atoms with van der Waals surface area (Å²) in [5.74, 6) is 0. The van der Waals surface area contributed by atoms with Crippen LogP contribution in [0.25, 0.3) is 0 Å². The number of hydrogen-bond donors (Lipinski definition) is 1. The molecule has 0 saturated heterocycles. The Kier molecular flexibility index (Phi) is 2.51. The van der Waals surface area contributed by atoms with Gasteiger partial charge in [0.25, 0.3) is 0 Å². The van der Waals surface area contributed by atoms with Gasteiger partial charge >= 0.3 is 0 Å². The standard InChI is InChI=1S/CH6OP2/c1-4(2)3/h2H,3H2,1H3. The van der Waals surface area contributed by atoms with Crippen LogP contribution < -0.4 is 0 Å². The molecule has 3 heteroatoms. The zero-order chi connectivity index (χ0) is 3.58. The van der Waals surface area contributed by atoms with Crippen molar-refractivity contribution < 1.29 is 4.89 Å². The van der Waals surface area contributed by atoms with Crippen LogP contribution in [0.1, 0.15) is 0 Å². The van der Waals surface area contributed by atoms with Crippen molar-refractivity contribution in [3.63, 3.8) is 0 Å². The highest BCUT2D eigenvalue weighted by Crippen LogP contribution is 2.32. The van der Waals surface area contributed by atoms with Crippen LogP contribution in [-0.4, -0.2) is 11.6 Å². The summed E-state index contributed by atoms with van der Waals surface area (Å²) in [5.41, 5.74) is 0. The summed E-state index contributed by atoms with van der Waals surface area (Å²) in [5, 5.41) is 0. The minimum Gasteiger partial charge on any atom is -0.370 e. The Morgan fingerprint density at radius 2 is 2.00 bits per heavy atom. The Hall–Kier alpha value is 0.820. The van der Waals surface area contributed by atoms with E-state index < -0.39 is 7.84 Å². The third kappa shape index (κ3) is 13.9. The minimum atomic E-state index is -0.704. The second-order valence-corrected chi connectivity index (χ2v) is 3.96. The zero-order valence-corrected chi connectivity index (χ0v) is 4.52. The molecule has 26 valence electrons. The summed E-state index contributed by atoms with van der Waals surface area (Å²) >= 11 is 0. The van der Waals surface area contributed by atoms with Crippen molar-refractivity contribution in [1.82, 2.24) is 0 Å². The van der Waals surface area contributed by atoms with Gasteiger partial charge in [0.05, 0.1) is 0 Å². The lowest BCUT2D eigenvalue weighted by molar-refractivity contribution is 0.647. The van der Waals surface area contributed by atoms with E-state index in [1.807, 2.05) is 0 Å². The van der Waals surface area contributed by atoms with E-state index in [0.717, 1.165) is 0 Å². The maximum absolute atomic E-state index is 8.08. The summed E-state index contributed by atoms with van der Waals surface area (Å²) in [6.45, 7) is 1.75. The summed E-state index contributed by atoms with van der Waals surface area (Å²) in [7, 11) is 1.57. The molecule has 4 heavy (non-hydrogen) atoms. The molecule has 0 fully saturated rings. The van der Waals surface area contributed by atoms with Crippen molar-refractivity contribution in [2.45, 2.75) is 0 Å². The van der Waals surface area contributed by atoms with Crippen LogP contribution in [0.5, 0.6) is 0 Å². The van der Waals surface area contributed by atoms with Gasteiger partial charge in [0.1, 0.15) is 0 Å². The van der Waals surface area contributed by atoms with Gasteiger partial charge in [-0.25, -0.2) is 0 Å². The maximum atomic E-state index is 8.08. The molecule has 0 radical (unpaired) electrons. The molecule has 0 bridgehead atoms. The van der Waals surface area contributed by atoms with Gasteiger partial charge in [-0.05, 0) is 6.66 Å². The van der Waals surface area contributed by atoms with Gasteiger partial charge in [0.2, 0.25) is 0 Å². The molecule has 2 atom stereocenters. The average molecular weight is 96.0 g/mol. The van der Waals surface area contributed by atoms with Crippen LogP contribution in [0.4, 0.5) is 0 Å². The molecule has 0 aliphatic heterocycles. The second-order valence-electron chi connectivity index (χ2n) is 0.574. The third-order valence-electron chi connectivity index (χ3n) is 0. The largest absolute Gasteiger partial charge is 0.370 e. The lowest BCUT2D eigenvalue weighted by atomic mass is 12.0. The molecule has 0 amide bonds. The molecule has 0 rings (SSSR count). The topological polar surface area (TPSA) is 20.2 Å². The third-order valence-corrected chi connectivity index (χ3v) is 0. The van der Waals surface area contributed by atoms with Crippen LogP contribution in [0.2, 0.25) is 0 Å². The first-order valence-electron chi connectivity index (χ1n) is 0.905. The van der Waals surface area contributed by atoms with Gasteiger partial charge in [0.15, 0.2) is 0 Å². The SMILES string of the molecule is CP(O)P. The van der Waals surface area contributed by atoms with Gasteiger partial charge in [-0.15, -0.1) is 0 Å². The zero-order valence-electron chi connectivity index (χ0n) is 2.47. The predicted octanol–water partition coefficient (Wildman–Crippen LogP) is 0.795. The smallest absolute Gasteiger partial charge is 0.0395 e. The highest BCUT2D eigenvalue weighted by molar-refractivity contribution is 8.10. The molecular formula is CH6OP2. The molecule has 0 spiro atoms. The second kappa shape index (κ2) is 2.08. The van der Waals surface area contributed by atoms with Crippen molar-refractivity contribution >= 4 is 16.8 Å². The fourth-order valence-electron chi connectivity index (χ4n) is 0. The van der Waals surface area contributed by atoms with E-state index in [4.69, 9.17) is 4.89 Å². The van der Waals surface area contributed by atoms with Gasteiger partial charge in [-0.3, -0.25) is 0 Å². The molecule has 0 aliphatic carbocycles. The first-order chi connectivity index (χ1) is 1.73. The number of hydrogen-bond acceptors (Lipinski definition) is 1. The highest BCUT2D eigenvalue weighted by Gasteiger charge is 1.68. The van der Waals surface area contributed by atoms with Crippen LogP contribution in [0.3, 0.4) is 0 Å². The van der Waals surface area contributed by atoms with Crippen molar-refractivity contribution in [3.05, 3.63) is 0 Å². The molecule has 1 N–H and O–H groups in total. The summed E-state index contributed by atoms with van der Waals surface area (Å²) < 4.78 is 0. The fourth-order valence-corrected chi connectivity index (χ4v) is 0. The van der Waals surface area contributed by atoms with Crippen LogP contribution in [-0.2, 0) is 0 Å². The molecular weight excluding hydrogens is 90.0 g/mol. The van der Waals surface area contributed by atoms with E-state index in [1.54, 1.807) is 6.66 Å². The summed E-state index contributed by atoms with van der Waals surface area (Å²) in [4.78, 5) is 8.08. The van der Waals surface area contributed by atoms with Gasteiger partial charge in [-0.2, -0.15) is 0 Å². The monoisotopic (exact) mass is 96.0 g/mol. The van der Waals surface area contributed by atoms with Gasteiger partial charge in [-0.1, -0.05) is 8.93 Å². The van der Waals surface area contributed by atoms with E-state index in [1.165, 1.54) is 0 Å². The molecule has 2 unspecified atom stereocenters. The fraction of sp³-hybridized carbons (Fsp3) is 1.00. The van der Waals surface area contributed by atoms with E-state index >= 15 is 0 Å². The first kappa shape index (κ1) is 4.82. The Morgan fingerprint density at radius 1 is 2.00 bits per heavy atom. The van der Waals surface area contributed by atoms with E-state index in [2.05, 4.69) is 8.93 Å². The van der Waals surface area contributed by atoms with Crippen molar-refractivity contribution in [1.29, 1.82) is 0 Å². The van der Waals surface area contributed by atoms with Gasteiger partial charge < -0.3 is 4.89 Å². The first-order valence-corrected chi connectivity index (χ1v) is 4.27. The van der Waals surface area contributed by atoms with E-state index in [0.29, 0.717) is 0 Å². The molecule has 0 aromatic heterocycles. The van der Waals surface area contributed by atoms with Crippen LogP contribution >= 0.6 is 16.8 Å². The Balaban J connectivity index is 2.32. The normalized spacial score (nSPS) is 15.8. The quantitative estimate of drug-likeness (QED) is 0.442. The lowest BCUT2D eigenvalue weighted by Gasteiger charge is -1.80. The molecule has 0 aromatic carbocycles. The summed E-state index contributed by atoms with van der Waals surface area (Å²) in [6.07, 6.45) is 0. The molecule has 0 saturated carbocycles. The molecule has 0 aliphatic rings. The Labute approximate surface area is 29.3 Å². The Morgan fingerprint density at radius 3 is 2.00 bits per heavy atom. The van der Waals surface area contributed by atoms with Gasteiger partial charge in [0, 0.05) is 7.84 Å². The van der Waals surface area contributed by atoms with E-state index in [9.17, 15) is 0 Å². The average Bonchev–Trinajstić information content (AvgIpc) is 0.811. The Bertz CT molecular complexity index is 10.8.